The van der Waals surface area contributed by atoms with Crippen molar-refractivity contribution in [3.8, 4) is 0 Å². The van der Waals surface area contributed by atoms with Crippen LogP contribution in [0, 0.1) is 0 Å². The van der Waals surface area contributed by atoms with Crippen molar-refractivity contribution in [3.63, 3.8) is 0 Å². The Labute approximate surface area is 124 Å². The van der Waals surface area contributed by atoms with Crippen molar-refractivity contribution < 1.29 is 19.4 Å². The molecule has 0 spiro atoms. The Balaban J connectivity index is 2.52. The number of aliphatic hydroxyl groups is 1. The van der Waals surface area contributed by atoms with Gasteiger partial charge in [-0.25, -0.2) is 0 Å². The van der Waals surface area contributed by atoms with Gasteiger partial charge in [0.1, 0.15) is 5.60 Å². The van der Waals surface area contributed by atoms with Crippen LogP contribution < -0.4 is 11.1 Å². The number of nitrogens with one attached hydrogen (secondary N) is 1. The summed E-state index contributed by atoms with van der Waals surface area (Å²) in [5.74, 6) is -0.974. The van der Waals surface area contributed by atoms with Crippen LogP contribution >= 0.6 is 0 Å². The van der Waals surface area contributed by atoms with E-state index in [1.54, 1.807) is 45.0 Å². The van der Waals surface area contributed by atoms with Gasteiger partial charge in [0, 0.05) is 5.69 Å². The number of ether oxygens (including phenoxy) is 1. The summed E-state index contributed by atoms with van der Waals surface area (Å²) in [7, 11) is 0. The zero-order valence-corrected chi connectivity index (χ0v) is 12.6. The van der Waals surface area contributed by atoms with Gasteiger partial charge in [0.2, 0.25) is 5.91 Å². The summed E-state index contributed by atoms with van der Waals surface area (Å²) in [4.78, 5) is 23.5. The number of amides is 1. The highest BCUT2D eigenvalue weighted by Gasteiger charge is 2.22. The SMILES string of the molecule is CC(C)(C)OC(=O)C[C@@H](N)C(=O)Nc1ccc(CO)cc1. The van der Waals surface area contributed by atoms with Crippen LogP contribution in [0.25, 0.3) is 0 Å². The number of anilines is 1. The minimum absolute atomic E-state index is 0.0631. The predicted molar refractivity (Wildman–Crippen MR) is 79.4 cm³/mol. The van der Waals surface area contributed by atoms with Gasteiger partial charge in [-0.2, -0.15) is 0 Å². The summed E-state index contributed by atoms with van der Waals surface area (Å²) in [6, 6.07) is 5.72. The highest BCUT2D eigenvalue weighted by atomic mass is 16.6. The molecular weight excluding hydrogens is 272 g/mol. The van der Waals surface area contributed by atoms with Crippen LogP contribution in [0.15, 0.2) is 24.3 Å². The summed E-state index contributed by atoms with van der Waals surface area (Å²) in [5, 5.41) is 11.5. The van der Waals surface area contributed by atoms with Crippen molar-refractivity contribution in [1.29, 1.82) is 0 Å². The quantitative estimate of drug-likeness (QED) is 0.708. The number of aliphatic hydroxyl groups excluding tert-OH is 1. The van der Waals surface area contributed by atoms with Crippen molar-refractivity contribution >= 4 is 17.6 Å². The molecule has 0 unspecified atom stereocenters. The van der Waals surface area contributed by atoms with Crippen LogP contribution in [0.2, 0.25) is 0 Å². The van der Waals surface area contributed by atoms with Crippen LogP contribution in [-0.2, 0) is 20.9 Å². The fourth-order valence-electron chi connectivity index (χ4n) is 1.58. The second kappa shape index (κ2) is 7.19. The van der Waals surface area contributed by atoms with E-state index in [2.05, 4.69) is 5.32 Å². The second-order valence-corrected chi connectivity index (χ2v) is 5.74. The summed E-state index contributed by atoms with van der Waals surface area (Å²) < 4.78 is 5.11. The van der Waals surface area contributed by atoms with Gasteiger partial charge in [0.05, 0.1) is 19.1 Å². The lowest BCUT2D eigenvalue weighted by Crippen LogP contribution is -2.39. The third kappa shape index (κ3) is 6.37. The molecule has 0 aromatic heterocycles. The molecule has 6 heteroatoms. The molecule has 0 aliphatic carbocycles. The fraction of sp³-hybridized carbons (Fsp3) is 0.467. The van der Waals surface area contributed by atoms with Crippen LogP contribution in [-0.4, -0.2) is 28.6 Å². The van der Waals surface area contributed by atoms with Crippen LogP contribution in [0.1, 0.15) is 32.8 Å². The molecule has 0 aliphatic heterocycles. The first-order valence-corrected chi connectivity index (χ1v) is 6.69. The van der Waals surface area contributed by atoms with Crippen LogP contribution in [0.4, 0.5) is 5.69 Å². The largest absolute Gasteiger partial charge is 0.460 e. The van der Waals surface area contributed by atoms with E-state index in [1.807, 2.05) is 0 Å². The Morgan fingerprint density at radius 1 is 1.29 bits per heavy atom. The molecule has 0 saturated carbocycles. The number of benzene rings is 1. The number of hydrogen-bond acceptors (Lipinski definition) is 5. The Kier molecular flexibility index (Phi) is 5.87. The van der Waals surface area contributed by atoms with E-state index in [0.29, 0.717) is 5.69 Å². The van der Waals surface area contributed by atoms with E-state index >= 15 is 0 Å². The van der Waals surface area contributed by atoms with Crippen molar-refractivity contribution in [2.45, 2.75) is 45.4 Å². The van der Waals surface area contributed by atoms with Gasteiger partial charge < -0.3 is 20.9 Å². The lowest BCUT2D eigenvalue weighted by atomic mass is 10.1. The molecule has 1 atom stereocenters. The summed E-state index contributed by atoms with van der Waals surface area (Å²) in [6.45, 7) is 5.18. The number of carbonyl (C=O) groups excluding carboxylic acids is 2. The number of carbonyl (C=O) groups is 2. The van der Waals surface area contributed by atoms with E-state index in [0.717, 1.165) is 5.56 Å². The first-order chi connectivity index (χ1) is 9.71. The third-order valence-electron chi connectivity index (χ3n) is 2.55. The van der Waals surface area contributed by atoms with Crippen LogP contribution in [0.5, 0.6) is 0 Å². The average Bonchev–Trinajstić information content (AvgIpc) is 2.37. The monoisotopic (exact) mass is 294 g/mol. The zero-order valence-electron chi connectivity index (χ0n) is 12.6. The molecule has 6 nitrogen and oxygen atoms in total. The summed E-state index contributed by atoms with van der Waals surface area (Å²) >= 11 is 0. The maximum atomic E-state index is 11.9. The van der Waals surface area contributed by atoms with Crippen molar-refractivity contribution in [2.75, 3.05) is 5.32 Å². The molecule has 0 radical (unpaired) electrons. The van der Waals surface area contributed by atoms with E-state index in [9.17, 15) is 9.59 Å². The van der Waals surface area contributed by atoms with Crippen molar-refractivity contribution in [2.24, 2.45) is 5.73 Å². The van der Waals surface area contributed by atoms with Gasteiger partial charge in [-0.15, -0.1) is 0 Å². The molecule has 0 bridgehead atoms. The van der Waals surface area contributed by atoms with Crippen LogP contribution in [0.3, 0.4) is 0 Å². The zero-order chi connectivity index (χ0) is 16.0. The minimum atomic E-state index is -0.975. The molecule has 1 rings (SSSR count). The van der Waals surface area contributed by atoms with Gasteiger partial charge in [0.25, 0.3) is 0 Å². The molecule has 116 valence electrons. The second-order valence-electron chi connectivity index (χ2n) is 5.74. The lowest BCUT2D eigenvalue weighted by molar-refractivity contribution is -0.155. The highest BCUT2D eigenvalue weighted by molar-refractivity contribution is 5.96. The topological polar surface area (TPSA) is 102 Å². The molecule has 0 saturated heterocycles. The normalized spacial score (nSPS) is 12.6. The Hall–Kier alpha value is -1.92. The Morgan fingerprint density at radius 3 is 2.33 bits per heavy atom. The number of nitrogens with two attached hydrogens (primary N) is 1. The molecule has 1 amide bonds. The van der Waals surface area contributed by atoms with Gasteiger partial charge in [-0.05, 0) is 38.5 Å². The maximum Gasteiger partial charge on any atom is 0.308 e. The molecule has 0 heterocycles. The smallest absolute Gasteiger partial charge is 0.308 e. The van der Waals surface area contributed by atoms with E-state index < -0.39 is 23.5 Å². The standard InChI is InChI=1S/C15H22N2O4/c1-15(2,3)21-13(19)8-12(16)14(20)17-11-6-4-10(9-18)5-7-11/h4-7,12,18H,8-9,16H2,1-3H3,(H,17,20)/t12-/m1/s1. The average molecular weight is 294 g/mol. The highest BCUT2D eigenvalue weighted by Crippen LogP contribution is 2.12. The van der Waals surface area contributed by atoms with E-state index in [-0.39, 0.29) is 13.0 Å². The van der Waals surface area contributed by atoms with Crippen molar-refractivity contribution in [3.05, 3.63) is 29.8 Å². The molecular formula is C15H22N2O4. The van der Waals surface area contributed by atoms with E-state index in [4.69, 9.17) is 15.6 Å². The molecule has 21 heavy (non-hydrogen) atoms. The number of rotatable bonds is 5. The first kappa shape index (κ1) is 17.1. The summed E-state index contributed by atoms with van der Waals surface area (Å²) in [5.41, 5.74) is 6.38. The van der Waals surface area contributed by atoms with Gasteiger partial charge in [0.15, 0.2) is 0 Å². The number of esters is 1. The van der Waals surface area contributed by atoms with Gasteiger partial charge >= 0.3 is 5.97 Å². The fourth-order valence-corrected chi connectivity index (χ4v) is 1.58. The molecule has 0 aliphatic rings. The molecule has 1 aromatic rings. The first-order valence-electron chi connectivity index (χ1n) is 6.69. The molecule has 1 aromatic carbocycles. The minimum Gasteiger partial charge on any atom is -0.460 e. The van der Waals surface area contributed by atoms with E-state index in [1.165, 1.54) is 0 Å². The summed E-state index contributed by atoms with van der Waals surface area (Å²) in [6.07, 6.45) is -0.183. The maximum absolute atomic E-state index is 11.9. The van der Waals surface area contributed by atoms with Gasteiger partial charge in [-0.3, -0.25) is 9.59 Å². The Bertz CT molecular complexity index is 491. The lowest BCUT2D eigenvalue weighted by Gasteiger charge is -2.20. The number of hydrogen-bond donors (Lipinski definition) is 3. The Morgan fingerprint density at radius 2 is 1.86 bits per heavy atom. The molecule has 0 fully saturated rings. The molecule has 4 N–H and O–H groups in total. The van der Waals surface area contributed by atoms with Gasteiger partial charge in [-0.1, -0.05) is 12.1 Å². The third-order valence-corrected chi connectivity index (χ3v) is 2.55. The van der Waals surface area contributed by atoms with Crippen molar-refractivity contribution in [1.82, 2.24) is 0 Å². The predicted octanol–water partition coefficient (Wildman–Crippen LogP) is 1.18.